The van der Waals surface area contributed by atoms with Crippen LogP contribution in [0.2, 0.25) is 0 Å². The fraction of sp³-hybridized carbons (Fsp3) is 1.00. The lowest BCUT2D eigenvalue weighted by atomic mass is 9.91. The maximum atomic E-state index is 8.61. The average Bonchev–Trinajstić information content (AvgIpc) is 3.21. The SMILES string of the molecule is CC(C)CCCC(C)CCCC(C)CCCC(C)CCOCCCCCCCCCCOCCOCCOCCOCCOCCOCCOCCOCCOCCO. The highest BCUT2D eigenvalue weighted by Gasteiger charge is 2.08. The third-order valence-corrected chi connectivity index (χ3v) is 10.6. The minimum absolute atomic E-state index is 0.0307. The number of aliphatic hydroxyl groups excluding tert-OH is 1. The van der Waals surface area contributed by atoms with Gasteiger partial charge in [0.05, 0.1) is 119 Å². The second kappa shape index (κ2) is 50.2. The molecule has 0 radical (unpaired) electrons. The van der Waals surface area contributed by atoms with Crippen molar-refractivity contribution in [2.45, 2.75) is 150 Å². The van der Waals surface area contributed by atoms with Gasteiger partial charge >= 0.3 is 0 Å². The van der Waals surface area contributed by atoms with E-state index in [0.717, 1.165) is 49.9 Å². The quantitative estimate of drug-likeness (QED) is 0.0591. The van der Waals surface area contributed by atoms with Gasteiger partial charge in [-0.1, -0.05) is 131 Å². The van der Waals surface area contributed by atoms with Crippen LogP contribution in [0.5, 0.6) is 0 Å². The summed E-state index contributed by atoms with van der Waals surface area (Å²) in [5.74, 6) is 3.43. The Bertz CT molecular complexity index is 762. The van der Waals surface area contributed by atoms with Crippen LogP contribution in [0.15, 0.2) is 0 Å². The molecule has 59 heavy (non-hydrogen) atoms. The molecule has 11 heteroatoms. The third-order valence-electron chi connectivity index (χ3n) is 10.6. The lowest BCUT2D eigenvalue weighted by molar-refractivity contribution is -0.0255. The third kappa shape index (κ3) is 51.8. The Balaban J connectivity index is 3.19. The van der Waals surface area contributed by atoms with Crippen LogP contribution < -0.4 is 0 Å². The Labute approximate surface area is 364 Å². The Morgan fingerprint density at radius 2 is 0.475 bits per heavy atom. The van der Waals surface area contributed by atoms with E-state index in [1.165, 1.54) is 109 Å². The molecular weight excluding hydrogens is 753 g/mol. The summed E-state index contributed by atoms with van der Waals surface area (Å²) < 4.78 is 55.2. The van der Waals surface area contributed by atoms with E-state index in [0.29, 0.717) is 112 Å². The van der Waals surface area contributed by atoms with Gasteiger partial charge < -0.3 is 52.5 Å². The minimum Gasteiger partial charge on any atom is -0.394 e. The van der Waals surface area contributed by atoms with Crippen LogP contribution in [0.4, 0.5) is 0 Å². The lowest BCUT2D eigenvalue weighted by Crippen LogP contribution is -2.15. The Morgan fingerprint density at radius 3 is 0.780 bits per heavy atom. The highest BCUT2D eigenvalue weighted by Crippen LogP contribution is 2.22. The summed E-state index contributed by atoms with van der Waals surface area (Å²) >= 11 is 0. The van der Waals surface area contributed by atoms with Gasteiger partial charge in [-0.3, -0.25) is 0 Å². The van der Waals surface area contributed by atoms with E-state index < -0.39 is 0 Å². The fourth-order valence-corrected chi connectivity index (χ4v) is 6.72. The number of hydrogen-bond donors (Lipinski definition) is 1. The van der Waals surface area contributed by atoms with Gasteiger partial charge in [-0.05, 0) is 42.9 Å². The van der Waals surface area contributed by atoms with Gasteiger partial charge in [0, 0.05) is 19.8 Å². The number of aliphatic hydroxyl groups is 1. The van der Waals surface area contributed by atoms with Crippen LogP contribution in [0.1, 0.15) is 150 Å². The molecule has 1 N–H and O–H groups in total. The van der Waals surface area contributed by atoms with E-state index in [1.54, 1.807) is 0 Å². The summed E-state index contributed by atoms with van der Waals surface area (Å²) in [6.07, 6.45) is 24.0. The van der Waals surface area contributed by atoms with Crippen LogP contribution in [-0.2, 0) is 47.4 Å². The van der Waals surface area contributed by atoms with Gasteiger partial charge in [0.2, 0.25) is 0 Å². The van der Waals surface area contributed by atoms with Crippen molar-refractivity contribution in [1.29, 1.82) is 0 Å². The fourth-order valence-electron chi connectivity index (χ4n) is 6.72. The lowest BCUT2D eigenvalue weighted by Gasteiger charge is -2.16. The molecule has 3 unspecified atom stereocenters. The molecule has 0 heterocycles. The molecule has 0 aromatic rings. The van der Waals surface area contributed by atoms with E-state index in [4.69, 9.17) is 52.5 Å². The van der Waals surface area contributed by atoms with Crippen molar-refractivity contribution in [1.82, 2.24) is 0 Å². The monoisotopic (exact) mass is 851 g/mol. The van der Waals surface area contributed by atoms with E-state index in [1.807, 2.05) is 0 Å². The molecule has 0 bridgehead atoms. The van der Waals surface area contributed by atoms with Crippen LogP contribution >= 0.6 is 0 Å². The molecule has 0 aromatic carbocycles. The molecule has 0 aromatic heterocycles. The smallest absolute Gasteiger partial charge is 0.0701 e. The molecule has 0 saturated heterocycles. The zero-order chi connectivity index (χ0) is 43.0. The van der Waals surface area contributed by atoms with Crippen molar-refractivity contribution >= 4 is 0 Å². The maximum absolute atomic E-state index is 8.61. The first-order chi connectivity index (χ1) is 29.0. The van der Waals surface area contributed by atoms with E-state index in [9.17, 15) is 0 Å². The van der Waals surface area contributed by atoms with Gasteiger partial charge in [0.25, 0.3) is 0 Å². The van der Waals surface area contributed by atoms with E-state index in [-0.39, 0.29) is 6.61 Å². The predicted molar refractivity (Wildman–Crippen MR) is 241 cm³/mol. The molecule has 0 aliphatic heterocycles. The molecule has 0 rings (SSSR count). The molecule has 356 valence electrons. The predicted octanol–water partition coefficient (Wildman–Crippen LogP) is 9.73. The van der Waals surface area contributed by atoms with Gasteiger partial charge in [-0.15, -0.1) is 0 Å². The molecule has 3 atom stereocenters. The van der Waals surface area contributed by atoms with Gasteiger partial charge in [-0.25, -0.2) is 0 Å². The van der Waals surface area contributed by atoms with E-state index >= 15 is 0 Å². The van der Waals surface area contributed by atoms with E-state index in [2.05, 4.69) is 34.6 Å². The number of rotatable bonds is 52. The number of ether oxygens (including phenoxy) is 10. The topological polar surface area (TPSA) is 113 Å². The minimum atomic E-state index is 0.0307. The Kier molecular flexibility index (Phi) is 49.8. The normalized spacial score (nSPS) is 13.5. The zero-order valence-corrected chi connectivity index (χ0v) is 39.4. The first-order valence-corrected chi connectivity index (χ1v) is 24.3. The number of hydrogen-bond acceptors (Lipinski definition) is 11. The highest BCUT2D eigenvalue weighted by atomic mass is 16.6. The Hall–Kier alpha value is -0.440. The molecule has 0 fully saturated rings. The summed E-state index contributed by atoms with van der Waals surface area (Å²) in [5, 5.41) is 8.61. The molecule has 0 aliphatic rings. The summed E-state index contributed by atoms with van der Waals surface area (Å²) in [7, 11) is 0. The van der Waals surface area contributed by atoms with Crippen molar-refractivity contribution in [3.05, 3.63) is 0 Å². The second-order valence-electron chi connectivity index (χ2n) is 17.0. The second-order valence-corrected chi connectivity index (χ2v) is 17.0. The van der Waals surface area contributed by atoms with Crippen molar-refractivity contribution in [3.63, 3.8) is 0 Å². The molecule has 0 saturated carbocycles. The van der Waals surface area contributed by atoms with Crippen molar-refractivity contribution in [2.75, 3.05) is 139 Å². The summed E-state index contributed by atoms with van der Waals surface area (Å²) in [6, 6.07) is 0. The van der Waals surface area contributed by atoms with Crippen LogP contribution in [0.3, 0.4) is 0 Å². The van der Waals surface area contributed by atoms with Gasteiger partial charge in [-0.2, -0.15) is 0 Å². The van der Waals surface area contributed by atoms with Gasteiger partial charge in [0.15, 0.2) is 0 Å². The standard InChI is InChI=1S/C48H98O11/c1-45(2)17-14-18-46(3)19-15-20-47(4)21-16-22-48(5)23-27-50-25-12-10-8-6-7-9-11-13-26-51-29-31-53-33-35-55-37-39-57-41-43-59-44-42-58-40-38-56-36-34-54-32-30-52-28-24-49/h45-49H,6-44H2,1-5H3. The maximum Gasteiger partial charge on any atom is 0.0701 e. The summed E-state index contributed by atoms with van der Waals surface area (Å²) in [4.78, 5) is 0. The van der Waals surface area contributed by atoms with Crippen LogP contribution in [0, 0.1) is 23.7 Å². The first-order valence-electron chi connectivity index (χ1n) is 24.3. The van der Waals surface area contributed by atoms with Crippen molar-refractivity contribution in [2.24, 2.45) is 23.7 Å². The molecule has 0 amide bonds. The van der Waals surface area contributed by atoms with Crippen LogP contribution in [-0.4, -0.2) is 144 Å². The van der Waals surface area contributed by atoms with Crippen LogP contribution in [0.25, 0.3) is 0 Å². The van der Waals surface area contributed by atoms with Gasteiger partial charge in [0.1, 0.15) is 0 Å². The summed E-state index contributed by atoms with van der Waals surface area (Å²) in [5.41, 5.74) is 0. The first kappa shape index (κ1) is 58.6. The van der Waals surface area contributed by atoms with Crippen molar-refractivity contribution < 1.29 is 52.5 Å². The Morgan fingerprint density at radius 1 is 0.237 bits per heavy atom. The molecule has 0 aliphatic carbocycles. The number of unbranched alkanes of at least 4 members (excludes halogenated alkanes) is 7. The molecule has 11 nitrogen and oxygen atoms in total. The highest BCUT2D eigenvalue weighted by molar-refractivity contribution is 4.61. The molecular formula is C48H98O11. The van der Waals surface area contributed by atoms with Crippen molar-refractivity contribution in [3.8, 4) is 0 Å². The molecule has 0 spiro atoms. The zero-order valence-electron chi connectivity index (χ0n) is 39.4. The largest absolute Gasteiger partial charge is 0.394 e. The summed E-state index contributed by atoms with van der Waals surface area (Å²) in [6.45, 7) is 23.6. The average molecular weight is 851 g/mol.